The highest BCUT2D eigenvalue weighted by atomic mass is 35.5. The number of halogens is 2. The first-order valence-electron chi connectivity index (χ1n) is 6.80. The average molecular weight is 350 g/mol. The zero-order valence-electron chi connectivity index (χ0n) is 11.7. The molecule has 0 aromatic heterocycles. The predicted molar refractivity (Wildman–Crippen MR) is 93.9 cm³/mol. The number of hydrogen-bond donors (Lipinski definition) is 2. The van der Waals surface area contributed by atoms with Gasteiger partial charge in [0.25, 0.3) is 0 Å². The molecule has 3 rings (SSSR count). The van der Waals surface area contributed by atoms with Gasteiger partial charge in [0.2, 0.25) is 5.91 Å². The number of allylic oxidation sites excluding steroid dienone is 3. The van der Waals surface area contributed by atoms with Gasteiger partial charge in [-0.2, -0.15) is 0 Å². The third kappa shape index (κ3) is 3.16. The van der Waals surface area contributed by atoms with Crippen molar-refractivity contribution >= 4 is 48.2 Å². The molecule has 3 atom stereocenters. The molecule has 1 aliphatic carbocycles. The summed E-state index contributed by atoms with van der Waals surface area (Å²) in [5.74, 6) is 1.48. The maximum atomic E-state index is 12.3. The summed E-state index contributed by atoms with van der Waals surface area (Å²) in [5, 5.41) is 2.94. The smallest absolute Gasteiger partial charge is 0.224 e. The van der Waals surface area contributed by atoms with Gasteiger partial charge in [0.15, 0.2) is 0 Å². The molecule has 0 aromatic carbocycles. The molecule has 2 aliphatic heterocycles. The van der Waals surface area contributed by atoms with E-state index in [1.54, 1.807) is 0 Å². The molecule has 0 bridgehead atoms. The second kappa shape index (κ2) is 7.68. The SMILES string of the molecule is Cl.Cl.NCCNC(=O)C1CSC23C=CC=CC2=NCCC13. The van der Waals surface area contributed by atoms with Crippen molar-refractivity contribution in [3.63, 3.8) is 0 Å². The molecule has 3 N–H and O–H groups in total. The first-order chi connectivity index (χ1) is 9.28. The minimum atomic E-state index is -0.0578. The van der Waals surface area contributed by atoms with Gasteiger partial charge in [0.05, 0.1) is 16.4 Å². The Morgan fingerprint density at radius 1 is 1.48 bits per heavy atom. The lowest BCUT2D eigenvalue weighted by Crippen LogP contribution is -2.46. The van der Waals surface area contributed by atoms with E-state index >= 15 is 0 Å². The summed E-state index contributed by atoms with van der Waals surface area (Å²) in [6.07, 6.45) is 9.45. The molecule has 1 spiro atoms. The summed E-state index contributed by atoms with van der Waals surface area (Å²) >= 11 is 1.87. The van der Waals surface area contributed by atoms with Gasteiger partial charge in [-0.3, -0.25) is 9.79 Å². The number of hydrogen-bond acceptors (Lipinski definition) is 4. The van der Waals surface area contributed by atoms with Crippen LogP contribution in [0, 0.1) is 11.8 Å². The Hall–Kier alpha value is -0.490. The monoisotopic (exact) mass is 349 g/mol. The Kier molecular flexibility index (Phi) is 6.78. The molecule has 21 heavy (non-hydrogen) atoms. The Bertz CT molecular complexity index is 481. The van der Waals surface area contributed by atoms with Gasteiger partial charge >= 0.3 is 0 Å². The van der Waals surface area contributed by atoms with Crippen molar-refractivity contribution in [2.75, 3.05) is 25.4 Å². The molecule has 2 heterocycles. The molecular formula is C14H21Cl2N3OS. The molecule has 0 radical (unpaired) electrons. The highest BCUT2D eigenvalue weighted by molar-refractivity contribution is 8.02. The minimum absolute atomic E-state index is 0. The minimum Gasteiger partial charge on any atom is -0.355 e. The van der Waals surface area contributed by atoms with E-state index in [1.807, 2.05) is 17.8 Å². The van der Waals surface area contributed by atoms with E-state index in [0.717, 1.165) is 24.4 Å². The number of nitrogens with one attached hydrogen (secondary N) is 1. The summed E-state index contributed by atoms with van der Waals surface area (Å²) in [4.78, 5) is 16.9. The Morgan fingerprint density at radius 3 is 3.05 bits per heavy atom. The van der Waals surface area contributed by atoms with Crippen LogP contribution in [0.25, 0.3) is 0 Å². The predicted octanol–water partition coefficient (Wildman–Crippen LogP) is 1.59. The number of nitrogens with zero attached hydrogens (tertiary/aromatic N) is 1. The van der Waals surface area contributed by atoms with Crippen LogP contribution in [0.4, 0.5) is 0 Å². The molecule has 1 amide bonds. The number of nitrogens with two attached hydrogens (primary N) is 1. The lowest BCUT2D eigenvalue weighted by Gasteiger charge is -2.38. The lowest BCUT2D eigenvalue weighted by molar-refractivity contribution is -0.125. The number of carbonyl (C=O) groups is 1. The van der Waals surface area contributed by atoms with Crippen molar-refractivity contribution in [3.05, 3.63) is 24.3 Å². The van der Waals surface area contributed by atoms with Crippen LogP contribution in [-0.2, 0) is 4.79 Å². The second-order valence-corrected chi connectivity index (χ2v) is 6.47. The quantitative estimate of drug-likeness (QED) is 0.812. The van der Waals surface area contributed by atoms with Crippen LogP contribution in [-0.4, -0.2) is 41.8 Å². The normalized spacial score (nSPS) is 32.1. The highest BCUT2D eigenvalue weighted by Gasteiger charge is 2.53. The molecule has 3 unspecified atom stereocenters. The molecule has 0 aromatic rings. The van der Waals surface area contributed by atoms with E-state index in [1.165, 1.54) is 0 Å². The zero-order chi connectivity index (χ0) is 13.3. The van der Waals surface area contributed by atoms with Crippen molar-refractivity contribution in [1.82, 2.24) is 5.32 Å². The summed E-state index contributed by atoms with van der Waals surface area (Å²) in [7, 11) is 0. The summed E-state index contributed by atoms with van der Waals surface area (Å²) in [6.45, 7) is 1.90. The molecule has 1 fully saturated rings. The Labute approximate surface area is 141 Å². The number of amides is 1. The molecule has 118 valence electrons. The third-order valence-electron chi connectivity index (χ3n) is 4.15. The highest BCUT2D eigenvalue weighted by Crippen LogP contribution is 2.52. The number of rotatable bonds is 3. The largest absolute Gasteiger partial charge is 0.355 e. The fourth-order valence-electron chi connectivity index (χ4n) is 3.25. The fraction of sp³-hybridized carbons (Fsp3) is 0.571. The van der Waals surface area contributed by atoms with Crippen LogP contribution >= 0.6 is 36.6 Å². The molecule has 0 saturated carbocycles. The van der Waals surface area contributed by atoms with Crippen LogP contribution in [0.1, 0.15) is 6.42 Å². The Morgan fingerprint density at radius 2 is 2.29 bits per heavy atom. The van der Waals surface area contributed by atoms with Crippen LogP contribution in [0.2, 0.25) is 0 Å². The number of carbonyl (C=O) groups excluding carboxylic acids is 1. The first kappa shape index (κ1) is 18.6. The Balaban J connectivity index is 0.00000110. The topological polar surface area (TPSA) is 67.5 Å². The van der Waals surface area contributed by atoms with E-state index in [9.17, 15) is 4.79 Å². The molecule has 1 saturated heterocycles. The van der Waals surface area contributed by atoms with Gasteiger partial charge in [-0.25, -0.2) is 0 Å². The van der Waals surface area contributed by atoms with Crippen LogP contribution in [0.3, 0.4) is 0 Å². The van der Waals surface area contributed by atoms with Gasteiger partial charge in [-0.05, 0) is 18.4 Å². The van der Waals surface area contributed by atoms with Crippen LogP contribution in [0.5, 0.6) is 0 Å². The number of aliphatic imine (C=N–C) groups is 1. The first-order valence-corrected chi connectivity index (χ1v) is 7.79. The van der Waals surface area contributed by atoms with Gasteiger partial charge < -0.3 is 11.1 Å². The van der Waals surface area contributed by atoms with Crippen molar-refractivity contribution in [2.24, 2.45) is 22.6 Å². The van der Waals surface area contributed by atoms with Crippen LogP contribution < -0.4 is 11.1 Å². The zero-order valence-corrected chi connectivity index (χ0v) is 14.1. The summed E-state index contributed by atoms with van der Waals surface area (Å²) in [5.41, 5.74) is 6.60. The van der Waals surface area contributed by atoms with E-state index in [2.05, 4.69) is 28.5 Å². The molecular weight excluding hydrogens is 329 g/mol. The van der Waals surface area contributed by atoms with E-state index in [-0.39, 0.29) is 41.4 Å². The second-order valence-electron chi connectivity index (χ2n) is 5.17. The average Bonchev–Trinajstić information content (AvgIpc) is 2.82. The maximum Gasteiger partial charge on any atom is 0.224 e. The lowest BCUT2D eigenvalue weighted by atomic mass is 9.74. The maximum absolute atomic E-state index is 12.3. The van der Waals surface area contributed by atoms with E-state index in [0.29, 0.717) is 19.0 Å². The van der Waals surface area contributed by atoms with E-state index < -0.39 is 0 Å². The van der Waals surface area contributed by atoms with Crippen molar-refractivity contribution in [1.29, 1.82) is 0 Å². The fourth-order valence-corrected chi connectivity index (χ4v) is 5.04. The van der Waals surface area contributed by atoms with E-state index in [4.69, 9.17) is 5.73 Å². The van der Waals surface area contributed by atoms with Crippen molar-refractivity contribution in [3.8, 4) is 0 Å². The van der Waals surface area contributed by atoms with Crippen molar-refractivity contribution in [2.45, 2.75) is 11.2 Å². The van der Waals surface area contributed by atoms with Gasteiger partial charge in [0, 0.05) is 25.4 Å². The van der Waals surface area contributed by atoms with Gasteiger partial charge in [-0.15, -0.1) is 36.6 Å². The summed E-state index contributed by atoms with van der Waals surface area (Å²) in [6, 6.07) is 0. The number of thioether (sulfide) groups is 1. The standard InChI is InChI=1S/C14H19N3OS.2ClH/c15-6-8-17-13(18)10-9-19-14-5-2-1-3-12(14)16-7-4-11(10)14;;/h1-3,5,10-11H,4,6-9,15H2,(H,17,18);2*1H. The molecule has 3 aliphatic rings. The summed E-state index contributed by atoms with van der Waals surface area (Å²) < 4.78 is -0.0578. The van der Waals surface area contributed by atoms with Crippen molar-refractivity contribution < 1.29 is 4.79 Å². The molecule has 7 heteroatoms. The van der Waals surface area contributed by atoms with Gasteiger partial charge in [0.1, 0.15) is 0 Å². The van der Waals surface area contributed by atoms with Gasteiger partial charge in [-0.1, -0.05) is 18.2 Å². The van der Waals surface area contributed by atoms with Crippen LogP contribution in [0.15, 0.2) is 29.3 Å². The third-order valence-corrected chi connectivity index (χ3v) is 5.80. The molecule has 4 nitrogen and oxygen atoms in total.